The summed E-state index contributed by atoms with van der Waals surface area (Å²) in [5.41, 5.74) is 2.30. The molecule has 146 valence electrons. The minimum absolute atomic E-state index is 0.257. The molecule has 0 spiro atoms. The highest BCUT2D eigenvalue weighted by atomic mass is 35.5. The monoisotopic (exact) mass is 400 g/mol. The third-order valence-corrected chi connectivity index (χ3v) is 4.24. The number of aryl methyl sites for hydroxylation is 2. The zero-order chi connectivity index (χ0) is 20.1. The topological polar surface area (TPSA) is 94.0 Å². The molecule has 0 radical (unpaired) electrons. The Balaban J connectivity index is 1.57. The van der Waals surface area contributed by atoms with Crippen LogP contribution in [0.1, 0.15) is 21.7 Å². The summed E-state index contributed by atoms with van der Waals surface area (Å²) in [5, 5.41) is 10.9. The number of carbonyl (C=O) groups excluding carboxylic acids is 1. The van der Waals surface area contributed by atoms with Crippen LogP contribution in [0.25, 0.3) is 5.82 Å². The van der Waals surface area contributed by atoms with Gasteiger partial charge in [0.05, 0.1) is 18.4 Å². The van der Waals surface area contributed by atoms with Crippen LogP contribution in [0.5, 0.6) is 5.75 Å². The molecule has 0 fully saturated rings. The SMILES string of the molecule is COc1ccc(Cl)cc1C(=O)NCCNc1cc(-n2nc(C)cc2C)ncn1. The molecule has 8 nitrogen and oxygen atoms in total. The predicted octanol–water partition coefficient (Wildman–Crippen LogP) is 2.78. The number of aromatic nitrogens is 4. The molecule has 3 aromatic rings. The Labute approximate surface area is 167 Å². The summed E-state index contributed by atoms with van der Waals surface area (Å²) in [7, 11) is 1.51. The number of nitrogens with one attached hydrogen (secondary N) is 2. The fourth-order valence-corrected chi connectivity index (χ4v) is 2.91. The summed E-state index contributed by atoms with van der Waals surface area (Å²) in [4.78, 5) is 20.8. The molecule has 2 heterocycles. The molecule has 0 unspecified atom stereocenters. The Morgan fingerprint density at radius 2 is 2.00 bits per heavy atom. The lowest BCUT2D eigenvalue weighted by molar-refractivity contribution is 0.0952. The van der Waals surface area contributed by atoms with Crippen molar-refractivity contribution in [3.63, 3.8) is 0 Å². The van der Waals surface area contributed by atoms with E-state index in [0.717, 1.165) is 11.4 Å². The largest absolute Gasteiger partial charge is 0.496 e. The van der Waals surface area contributed by atoms with Crippen LogP contribution in [-0.2, 0) is 0 Å². The van der Waals surface area contributed by atoms with Crippen molar-refractivity contribution in [1.29, 1.82) is 0 Å². The molecule has 0 aliphatic heterocycles. The summed E-state index contributed by atoms with van der Waals surface area (Å²) < 4.78 is 6.96. The molecule has 9 heteroatoms. The average molecular weight is 401 g/mol. The van der Waals surface area contributed by atoms with Gasteiger partial charge >= 0.3 is 0 Å². The number of ether oxygens (including phenoxy) is 1. The number of benzene rings is 1. The third-order valence-electron chi connectivity index (χ3n) is 4.00. The molecule has 2 N–H and O–H groups in total. The van der Waals surface area contributed by atoms with Crippen LogP contribution in [0, 0.1) is 13.8 Å². The van der Waals surface area contributed by atoms with Gasteiger partial charge in [0.2, 0.25) is 0 Å². The first-order chi connectivity index (χ1) is 13.5. The van der Waals surface area contributed by atoms with Crippen molar-refractivity contribution in [1.82, 2.24) is 25.1 Å². The Kier molecular flexibility index (Phi) is 6.10. The Morgan fingerprint density at radius 1 is 1.18 bits per heavy atom. The van der Waals surface area contributed by atoms with Crippen LogP contribution in [0.2, 0.25) is 5.02 Å². The molecule has 0 saturated heterocycles. The Bertz CT molecular complexity index is 988. The second-order valence-corrected chi connectivity index (χ2v) is 6.56. The average Bonchev–Trinajstić information content (AvgIpc) is 3.03. The highest BCUT2D eigenvalue weighted by Gasteiger charge is 2.12. The number of hydrogen-bond donors (Lipinski definition) is 2. The lowest BCUT2D eigenvalue weighted by atomic mass is 10.2. The van der Waals surface area contributed by atoms with Gasteiger partial charge in [-0.3, -0.25) is 4.79 Å². The molecular weight excluding hydrogens is 380 g/mol. The van der Waals surface area contributed by atoms with Gasteiger partial charge in [0, 0.05) is 29.9 Å². The summed E-state index contributed by atoms with van der Waals surface area (Å²) in [6.45, 7) is 4.78. The van der Waals surface area contributed by atoms with Crippen LogP contribution in [0.4, 0.5) is 5.82 Å². The zero-order valence-corrected chi connectivity index (χ0v) is 16.6. The Morgan fingerprint density at radius 3 is 2.71 bits per heavy atom. The normalized spacial score (nSPS) is 10.6. The molecule has 0 aliphatic rings. The van der Waals surface area contributed by atoms with Gasteiger partial charge in [-0.25, -0.2) is 14.6 Å². The first-order valence-corrected chi connectivity index (χ1v) is 9.07. The van der Waals surface area contributed by atoms with Gasteiger partial charge in [-0.1, -0.05) is 11.6 Å². The first-order valence-electron chi connectivity index (χ1n) is 8.69. The summed E-state index contributed by atoms with van der Waals surface area (Å²) in [6, 6.07) is 8.70. The van der Waals surface area contributed by atoms with Gasteiger partial charge in [-0.15, -0.1) is 0 Å². The van der Waals surface area contributed by atoms with E-state index in [4.69, 9.17) is 16.3 Å². The van der Waals surface area contributed by atoms with Crippen molar-refractivity contribution in [2.75, 3.05) is 25.5 Å². The molecule has 0 saturated carbocycles. The molecule has 0 aliphatic carbocycles. The summed E-state index contributed by atoms with van der Waals surface area (Å²) in [6.07, 6.45) is 1.48. The van der Waals surface area contributed by atoms with Gasteiger partial charge in [-0.05, 0) is 38.1 Å². The first kappa shape index (κ1) is 19.6. The minimum atomic E-state index is -0.257. The summed E-state index contributed by atoms with van der Waals surface area (Å²) in [5.74, 6) is 1.54. The van der Waals surface area contributed by atoms with Gasteiger partial charge in [-0.2, -0.15) is 5.10 Å². The van der Waals surface area contributed by atoms with E-state index >= 15 is 0 Å². The van der Waals surface area contributed by atoms with E-state index in [-0.39, 0.29) is 5.91 Å². The highest BCUT2D eigenvalue weighted by Crippen LogP contribution is 2.22. The minimum Gasteiger partial charge on any atom is -0.496 e. The van der Waals surface area contributed by atoms with Crippen LogP contribution < -0.4 is 15.4 Å². The van der Waals surface area contributed by atoms with Crippen molar-refractivity contribution in [2.45, 2.75) is 13.8 Å². The van der Waals surface area contributed by atoms with Gasteiger partial charge in [0.1, 0.15) is 17.9 Å². The number of nitrogens with zero attached hydrogens (tertiary/aromatic N) is 4. The number of methoxy groups -OCH3 is 1. The lowest BCUT2D eigenvalue weighted by Gasteiger charge is -2.11. The number of amides is 1. The zero-order valence-electron chi connectivity index (χ0n) is 15.9. The second kappa shape index (κ2) is 8.71. The van der Waals surface area contributed by atoms with Gasteiger partial charge in [0.25, 0.3) is 5.91 Å². The molecule has 2 aromatic heterocycles. The van der Waals surface area contributed by atoms with Crippen LogP contribution in [0.15, 0.2) is 36.7 Å². The molecule has 0 bridgehead atoms. The van der Waals surface area contributed by atoms with E-state index in [0.29, 0.717) is 41.1 Å². The van der Waals surface area contributed by atoms with E-state index in [1.165, 1.54) is 13.4 Å². The standard InChI is InChI=1S/C19H21ClN6O2/c1-12-8-13(2)26(25-12)18-10-17(23-11-24-18)21-6-7-22-19(27)15-9-14(20)4-5-16(15)28-3/h4-5,8-11H,6-7H2,1-3H3,(H,22,27)(H,21,23,24). The summed E-state index contributed by atoms with van der Waals surface area (Å²) >= 11 is 5.97. The van der Waals surface area contributed by atoms with Crippen molar-refractivity contribution in [3.05, 3.63) is 58.6 Å². The van der Waals surface area contributed by atoms with Gasteiger partial charge < -0.3 is 15.4 Å². The maximum absolute atomic E-state index is 12.4. The van der Waals surface area contributed by atoms with E-state index in [1.807, 2.05) is 19.9 Å². The predicted molar refractivity (Wildman–Crippen MR) is 107 cm³/mol. The highest BCUT2D eigenvalue weighted by molar-refractivity contribution is 6.31. The second-order valence-electron chi connectivity index (χ2n) is 6.13. The van der Waals surface area contributed by atoms with Crippen LogP contribution in [0.3, 0.4) is 0 Å². The fourth-order valence-electron chi connectivity index (χ4n) is 2.74. The fraction of sp³-hybridized carbons (Fsp3) is 0.263. The smallest absolute Gasteiger partial charge is 0.255 e. The van der Waals surface area contributed by atoms with Crippen LogP contribution >= 0.6 is 11.6 Å². The molecule has 0 atom stereocenters. The maximum atomic E-state index is 12.4. The van der Waals surface area contributed by atoms with Gasteiger partial charge in [0.15, 0.2) is 5.82 Å². The number of halogens is 1. The number of hydrogen-bond acceptors (Lipinski definition) is 6. The van der Waals surface area contributed by atoms with Crippen molar-refractivity contribution in [3.8, 4) is 11.6 Å². The molecule has 1 amide bonds. The van der Waals surface area contributed by atoms with E-state index in [2.05, 4.69) is 25.7 Å². The van der Waals surface area contributed by atoms with E-state index in [9.17, 15) is 4.79 Å². The third kappa shape index (κ3) is 4.58. The molecule has 3 rings (SSSR count). The van der Waals surface area contributed by atoms with E-state index < -0.39 is 0 Å². The maximum Gasteiger partial charge on any atom is 0.255 e. The molecule has 28 heavy (non-hydrogen) atoms. The molecular formula is C19H21ClN6O2. The quantitative estimate of drug-likeness (QED) is 0.592. The van der Waals surface area contributed by atoms with Crippen LogP contribution in [-0.4, -0.2) is 45.9 Å². The van der Waals surface area contributed by atoms with E-state index in [1.54, 1.807) is 28.9 Å². The number of rotatable bonds is 7. The Hall–Kier alpha value is -3.13. The van der Waals surface area contributed by atoms with Crippen molar-refractivity contribution < 1.29 is 9.53 Å². The van der Waals surface area contributed by atoms with Crippen molar-refractivity contribution in [2.24, 2.45) is 0 Å². The lowest BCUT2D eigenvalue weighted by Crippen LogP contribution is -2.29. The number of anilines is 1. The number of carbonyl (C=O) groups is 1. The molecule has 1 aromatic carbocycles. The van der Waals surface area contributed by atoms with Crippen molar-refractivity contribution >= 4 is 23.3 Å².